The molecule has 4 heteroatoms. The summed E-state index contributed by atoms with van der Waals surface area (Å²) >= 11 is 1.70. The summed E-state index contributed by atoms with van der Waals surface area (Å²) in [6.45, 7) is 6.29. The highest BCUT2D eigenvalue weighted by Gasteiger charge is 2.15. The van der Waals surface area contributed by atoms with Gasteiger partial charge in [0.15, 0.2) is 0 Å². The average molecular weight is 295 g/mol. The molecular weight excluding hydrogens is 270 g/mol. The normalized spacial score (nSPS) is 10.9. The smallest absolute Gasteiger partial charge is 0.0771 e. The molecular formula is C16H25NO2S. The zero-order chi connectivity index (χ0) is 14.8. The van der Waals surface area contributed by atoms with Crippen LogP contribution in [-0.2, 0) is 6.54 Å². The van der Waals surface area contributed by atoms with Crippen molar-refractivity contribution in [2.75, 3.05) is 19.8 Å². The molecule has 112 valence electrons. The van der Waals surface area contributed by atoms with Crippen LogP contribution in [0.15, 0.2) is 12.1 Å². The predicted octanol–water partition coefficient (Wildman–Crippen LogP) is 2.46. The molecule has 1 heterocycles. The fourth-order valence-corrected chi connectivity index (χ4v) is 3.17. The van der Waals surface area contributed by atoms with Gasteiger partial charge in [0.25, 0.3) is 0 Å². The predicted molar refractivity (Wildman–Crippen MR) is 84.8 cm³/mol. The Hall–Kier alpha value is -0.860. The quantitative estimate of drug-likeness (QED) is 0.724. The molecule has 20 heavy (non-hydrogen) atoms. The van der Waals surface area contributed by atoms with Crippen LogP contribution in [0.5, 0.6) is 0 Å². The first kappa shape index (κ1) is 17.2. The summed E-state index contributed by atoms with van der Waals surface area (Å²) in [5.41, 5.74) is 0. The SMILES string of the molecule is CCC(CC)N(CCO)Cc1ccc(C#CCCO)s1. The van der Waals surface area contributed by atoms with E-state index in [-0.39, 0.29) is 13.2 Å². The number of aliphatic hydroxyl groups is 2. The van der Waals surface area contributed by atoms with Crippen LogP contribution in [0.3, 0.4) is 0 Å². The molecule has 0 spiro atoms. The van der Waals surface area contributed by atoms with Crippen molar-refractivity contribution in [3.63, 3.8) is 0 Å². The van der Waals surface area contributed by atoms with E-state index in [1.54, 1.807) is 11.3 Å². The number of aliphatic hydroxyl groups excluding tert-OH is 2. The van der Waals surface area contributed by atoms with Crippen LogP contribution in [0.25, 0.3) is 0 Å². The maximum atomic E-state index is 9.22. The Kier molecular flexibility index (Phi) is 8.56. The monoisotopic (exact) mass is 295 g/mol. The van der Waals surface area contributed by atoms with Gasteiger partial charge in [-0.2, -0.15) is 0 Å². The first-order chi connectivity index (χ1) is 9.74. The van der Waals surface area contributed by atoms with Gasteiger partial charge < -0.3 is 10.2 Å². The van der Waals surface area contributed by atoms with E-state index < -0.39 is 0 Å². The van der Waals surface area contributed by atoms with E-state index in [1.807, 2.05) is 6.07 Å². The molecule has 0 radical (unpaired) electrons. The van der Waals surface area contributed by atoms with E-state index in [1.165, 1.54) is 4.88 Å². The van der Waals surface area contributed by atoms with Crippen molar-refractivity contribution in [1.29, 1.82) is 0 Å². The van der Waals surface area contributed by atoms with Crippen molar-refractivity contribution >= 4 is 11.3 Å². The molecule has 0 aliphatic carbocycles. The molecule has 0 saturated heterocycles. The van der Waals surface area contributed by atoms with Crippen LogP contribution >= 0.6 is 11.3 Å². The van der Waals surface area contributed by atoms with Gasteiger partial charge in [-0.15, -0.1) is 11.3 Å². The van der Waals surface area contributed by atoms with Gasteiger partial charge in [0.2, 0.25) is 0 Å². The van der Waals surface area contributed by atoms with Crippen LogP contribution in [0, 0.1) is 11.8 Å². The minimum absolute atomic E-state index is 0.115. The van der Waals surface area contributed by atoms with E-state index in [2.05, 4.69) is 36.7 Å². The van der Waals surface area contributed by atoms with Gasteiger partial charge >= 0.3 is 0 Å². The second-order valence-electron chi connectivity index (χ2n) is 4.71. The number of rotatable bonds is 8. The van der Waals surface area contributed by atoms with Crippen LogP contribution in [0.4, 0.5) is 0 Å². The van der Waals surface area contributed by atoms with E-state index in [0.717, 1.165) is 30.8 Å². The Bertz CT molecular complexity index is 429. The number of thiophene rings is 1. The lowest BCUT2D eigenvalue weighted by Crippen LogP contribution is -2.35. The van der Waals surface area contributed by atoms with Gasteiger partial charge in [-0.3, -0.25) is 4.90 Å². The van der Waals surface area contributed by atoms with Gasteiger partial charge in [0.05, 0.1) is 18.1 Å². The van der Waals surface area contributed by atoms with Crippen LogP contribution in [-0.4, -0.2) is 40.9 Å². The molecule has 1 aromatic heterocycles. The zero-order valence-electron chi connectivity index (χ0n) is 12.4. The van der Waals surface area contributed by atoms with Crippen molar-refractivity contribution in [3.8, 4) is 11.8 Å². The lowest BCUT2D eigenvalue weighted by atomic mass is 10.1. The fraction of sp³-hybridized carbons (Fsp3) is 0.625. The maximum Gasteiger partial charge on any atom is 0.0771 e. The summed E-state index contributed by atoms with van der Waals surface area (Å²) < 4.78 is 0. The van der Waals surface area contributed by atoms with Crippen molar-refractivity contribution in [3.05, 3.63) is 21.9 Å². The van der Waals surface area contributed by atoms with Crippen LogP contribution < -0.4 is 0 Å². The van der Waals surface area contributed by atoms with E-state index in [4.69, 9.17) is 5.11 Å². The second kappa shape index (κ2) is 9.95. The molecule has 0 atom stereocenters. The van der Waals surface area contributed by atoms with Crippen molar-refractivity contribution < 1.29 is 10.2 Å². The van der Waals surface area contributed by atoms with Crippen LogP contribution in [0.2, 0.25) is 0 Å². The summed E-state index contributed by atoms with van der Waals surface area (Å²) in [6.07, 6.45) is 2.73. The van der Waals surface area contributed by atoms with Gasteiger partial charge in [0.1, 0.15) is 0 Å². The first-order valence-corrected chi connectivity index (χ1v) is 8.10. The lowest BCUT2D eigenvalue weighted by Gasteiger charge is -2.29. The molecule has 1 aromatic rings. The molecule has 1 rings (SSSR count). The van der Waals surface area contributed by atoms with Gasteiger partial charge in [0, 0.05) is 30.4 Å². The number of hydrogen-bond acceptors (Lipinski definition) is 4. The van der Waals surface area contributed by atoms with Crippen LogP contribution in [0.1, 0.15) is 42.9 Å². The molecule has 0 fully saturated rings. The first-order valence-electron chi connectivity index (χ1n) is 7.28. The third kappa shape index (κ3) is 5.64. The van der Waals surface area contributed by atoms with E-state index in [0.29, 0.717) is 12.5 Å². The molecule has 0 bridgehead atoms. The minimum atomic E-state index is 0.115. The Morgan fingerprint density at radius 1 is 1.20 bits per heavy atom. The highest BCUT2D eigenvalue weighted by Crippen LogP contribution is 2.20. The van der Waals surface area contributed by atoms with E-state index >= 15 is 0 Å². The molecule has 0 aromatic carbocycles. The molecule has 0 aliphatic heterocycles. The largest absolute Gasteiger partial charge is 0.395 e. The molecule has 2 N–H and O–H groups in total. The third-order valence-electron chi connectivity index (χ3n) is 3.32. The van der Waals surface area contributed by atoms with Crippen molar-refractivity contribution in [1.82, 2.24) is 4.90 Å². The summed E-state index contributed by atoms with van der Waals surface area (Å²) in [5, 5.41) is 17.9. The Morgan fingerprint density at radius 3 is 2.55 bits per heavy atom. The standard InChI is InChI=1S/C16H25NO2S/c1-3-14(4-2)17(10-12-19)13-16-9-8-15(20-16)7-5-6-11-18/h8-9,14,18-19H,3-4,6,10-13H2,1-2H3. The molecule has 0 saturated carbocycles. The zero-order valence-corrected chi connectivity index (χ0v) is 13.2. The number of hydrogen-bond donors (Lipinski definition) is 2. The van der Waals surface area contributed by atoms with Gasteiger partial charge in [-0.25, -0.2) is 0 Å². The second-order valence-corrected chi connectivity index (χ2v) is 5.87. The average Bonchev–Trinajstić information content (AvgIpc) is 2.88. The Morgan fingerprint density at radius 2 is 1.95 bits per heavy atom. The van der Waals surface area contributed by atoms with Gasteiger partial charge in [-0.1, -0.05) is 25.7 Å². The fourth-order valence-electron chi connectivity index (χ4n) is 2.26. The summed E-state index contributed by atoms with van der Waals surface area (Å²) in [4.78, 5) is 4.66. The molecule has 0 unspecified atom stereocenters. The Balaban J connectivity index is 2.67. The molecule has 3 nitrogen and oxygen atoms in total. The minimum Gasteiger partial charge on any atom is -0.395 e. The Labute approximate surface area is 126 Å². The number of nitrogens with zero attached hydrogens (tertiary/aromatic N) is 1. The topological polar surface area (TPSA) is 43.7 Å². The van der Waals surface area contributed by atoms with Crippen molar-refractivity contribution in [2.24, 2.45) is 0 Å². The summed E-state index contributed by atoms with van der Waals surface area (Å²) in [5.74, 6) is 6.01. The molecule has 0 amide bonds. The summed E-state index contributed by atoms with van der Waals surface area (Å²) in [6, 6.07) is 4.67. The highest BCUT2D eigenvalue weighted by molar-refractivity contribution is 7.12. The highest BCUT2D eigenvalue weighted by atomic mass is 32.1. The van der Waals surface area contributed by atoms with E-state index in [9.17, 15) is 5.11 Å². The van der Waals surface area contributed by atoms with Crippen molar-refractivity contribution in [2.45, 2.75) is 45.7 Å². The van der Waals surface area contributed by atoms with Gasteiger partial charge in [-0.05, 0) is 25.0 Å². The molecule has 0 aliphatic rings. The third-order valence-corrected chi connectivity index (χ3v) is 4.30. The maximum absolute atomic E-state index is 9.22. The summed E-state index contributed by atoms with van der Waals surface area (Å²) in [7, 11) is 0. The lowest BCUT2D eigenvalue weighted by molar-refractivity contribution is 0.138.